The van der Waals surface area contributed by atoms with Crippen molar-refractivity contribution in [1.82, 2.24) is 9.97 Å². The van der Waals surface area contributed by atoms with E-state index < -0.39 is 0 Å². The highest BCUT2D eigenvalue weighted by molar-refractivity contribution is 6.28. The van der Waals surface area contributed by atoms with Crippen LogP contribution in [0, 0.1) is 0 Å². The van der Waals surface area contributed by atoms with Gasteiger partial charge >= 0.3 is 0 Å². The van der Waals surface area contributed by atoms with Crippen molar-refractivity contribution < 1.29 is 4.42 Å². The van der Waals surface area contributed by atoms with Crippen molar-refractivity contribution in [2.45, 2.75) is 0 Å². The summed E-state index contributed by atoms with van der Waals surface area (Å²) in [6.45, 7) is 0. The number of benzene rings is 1. The van der Waals surface area contributed by atoms with Crippen molar-refractivity contribution >= 4 is 11.6 Å². The third-order valence-corrected chi connectivity index (χ3v) is 2.75. The lowest BCUT2D eigenvalue weighted by Crippen LogP contribution is -1.90. The summed E-state index contributed by atoms with van der Waals surface area (Å²) < 4.78 is 5.05. The van der Waals surface area contributed by atoms with E-state index in [1.165, 1.54) is 0 Å². The fourth-order valence-electron chi connectivity index (χ4n) is 1.73. The van der Waals surface area contributed by atoms with Crippen LogP contribution in [-0.2, 0) is 0 Å². The highest BCUT2D eigenvalue weighted by atomic mass is 35.5. The van der Waals surface area contributed by atoms with Crippen molar-refractivity contribution in [2.75, 3.05) is 0 Å². The van der Waals surface area contributed by atoms with E-state index in [0.717, 1.165) is 22.5 Å². The van der Waals surface area contributed by atoms with Gasteiger partial charge in [0.05, 0.1) is 23.9 Å². The largest absolute Gasteiger partial charge is 0.472 e. The highest BCUT2D eigenvalue weighted by Gasteiger charge is 2.07. The van der Waals surface area contributed by atoms with E-state index in [4.69, 9.17) is 16.0 Å². The smallest absolute Gasteiger partial charge is 0.223 e. The summed E-state index contributed by atoms with van der Waals surface area (Å²) in [6.07, 6.45) is 3.24. The third kappa shape index (κ3) is 2.13. The molecule has 0 unspecified atom stereocenters. The minimum atomic E-state index is 0.229. The number of furan rings is 1. The van der Waals surface area contributed by atoms with Crippen LogP contribution in [0.2, 0.25) is 5.28 Å². The molecule has 0 saturated heterocycles. The van der Waals surface area contributed by atoms with Gasteiger partial charge in [0, 0.05) is 11.1 Å². The second kappa shape index (κ2) is 4.63. The van der Waals surface area contributed by atoms with E-state index in [0.29, 0.717) is 0 Å². The van der Waals surface area contributed by atoms with Crippen LogP contribution in [0.5, 0.6) is 0 Å². The Kier molecular flexibility index (Phi) is 2.82. The van der Waals surface area contributed by atoms with Crippen molar-refractivity contribution in [3.8, 4) is 22.5 Å². The monoisotopic (exact) mass is 256 g/mol. The van der Waals surface area contributed by atoms with Crippen LogP contribution < -0.4 is 0 Å². The first-order valence-corrected chi connectivity index (χ1v) is 5.83. The minimum Gasteiger partial charge on any atom is -0.472 e. The lowest BCUT2D eigenvalue weighted by atomic mass is 10.1. The number of halogens is 1. The molecule has 3 nitrogen and oxygen atoms in total. The Morgan fingerprint density at radius 3 is 2.28 bits per heavy atom. The second-order valence-electron chi connectivity index (χ2n) is 3.79. The van der Waals surface area contributed by atoms with E-state index in [-0.39, 0.29) is 5.28 Å². The minimum absolute atomic E-state index is 0.229. The molecule has 0 aliphatic carbocycles. The SMILES string of the molecule is Clc1nc(-c2ccccc2)cc(-c2ccoc2)n1. The molecule has 0 spiro atoms. The van der Waals surface area contributed by atoms with Crippen molar-refractivity contribution in [1.29, 1.82) is 0 Å². The van der Waals surface area contributed by atoms with Crippen LogP contribution in [0.1, 0.15) is 0 Å². The van der Waals surface area contributed by atoms with Gasteiger partial charge in [-0.1, -0.05) is 30.3 Å². The molecule has 0 N–H and O–H groups in total. The molecule has 18 heavy (non-hydrogen) atoms. The predicted molar refractivity (Wildman–Crippen MR) is 70.2 cm³/mol. The number of rotatable bonds is 2. The molecular weight excluding hydrogens is 248 g/mol. The molecule has 3 rings (SSSR count). The highest BCUT2D eigenvalue weighted by Crippen LogP contribution is 2.25. The quantitative estimate of drug-likeness (QED) is 0.649. The van der Waals surface area contributed by atoms with Gasteiger partial charge in [-0.25, -0.2) is 9.97 Å². The fourth-order valence-corrected chi connectivity index (χ4v) is 1.91. The van der Waals surface area contributed by atoms with Crippen LogP contribution in [0.25, 0.3) is 22.5 Å². The van der Waals surface area contributed by atoms with E-state index in [9.17, 15) is 0 Å². The molecular formula is C14H9ClN2O. The lowest BCUT2D eigenvalue weighted by Gasteiger charge is -2.03. The van der Waals surface area contributed by atoms with Gasteiger partial charge in [0.25, 0.3) is 0 Å². The van der Waals surface area contributed by atoms with Crippen LogP contribution >= 0.6 is 11.6 Å². The molecule has 2 heterocycles. The van der Waals surface area contributed by atoms with Gasteiger partial charge < -0.3 is 4.42 Å². The molecule has 0 amide bonds. The normalized spacial score (nSPS) is 10.5. The first-order chi connectivity index (χ1) is 8.83. The molecule has 0 saturated carbocycles. The fraction of sp³-hybridized carbons (Fsp3) is 0. The number of aromatic nitrogens is 2. The zero-order chi connectivity index (χ0) is 12.4. The molecule has 0 atom stereocenters. The van der Waals surface area contributed by atoms with Crippen LogP contribution in [0.3, 0.4) is 0 Å². The molecule has 0 bridgehead atoms. The average Bonchev–Trinajstić information content (AvgIpc) is 2.93. The van der Waals surface area contributed by atoms with Gasteiger partial charge in [0.1, 0.15) is 0 Å². The Bertz CT molecular complexity index is 651. The number of hydrogen-bond acceptors (Lipinski definition) is 3. The Labute approximate surface area is 109 Å². The molecule has 0 fully saturated rings. The van der Waals surface area contributed by atoms with Crippen LogP contribution in [0.15, 0.2) is 59.4 Å². The van der Waals surface area contributed by atoms with E-state index in [2.05, 4.69) is 9.97 Å². The standard InChI is InChI=1S/C14H9ClN2O/c15-14-16-12(10-4-2-1-3-5-10)8-13(17-14)11-6-7-18-9-11/h1-9H. The van der Waals surface area contributed by atoms with Gasteiger partial charge in [0.2, 0.25) is 5.28 Å². The van der Waals surface area contributed by atoms with Crippen LogP contribution in [-0.4, -0.2) is 9.97 Å². The maximum Gasteiger partial charge on any atom is 0.223 e. The number of hydrogen-bond donors (Lipinski definition) is 0. The third-order valence-electron chi connectivity index (χ3n) is 2.59. The number of nitrogens with zero attached hydrogens (tertiary/aromatic N) is 2. The molecule has 2 aromatic heterocycles. The molecule has 4 heteroatoms. The summed E-state index contributed by atoms with van der Waals surface area (Å²) in [6, 6.07) is 13.6. The lowest BCUT2D eigenvalue weighted by molar-refractivity contribution is 0.568. The van der Waals surface area contributed by atoms with E-state index in [1.54, 1.807) is 12.5 Å². The topological polar surface area (TPSA) is 38.9 Å². The van der Waals surface area contributed by atoms with Gasteiger partial charge in [-0.3, -0.25) is 0 Å². The van der Waals surface area contributed by atoms with E-state index in [1.807, 2.05) is 42.5 Å². The van der Waals surface area contributed by atoms with Crippen molar-refractivity contribution in [3.05, 3.63) is 60.3 Å². The molecule has 0 radical (unpaired) electrons. The van der Waals surface area contributed by atoms with Crippen molar-refractivity contribution in [3.63, 3.8) is 0 Å². The Morgan fingerprint density at radius 1 is 0.889 bits per heavy atom. The van der Waals surface area contributed by atoms with Gasteiger partial charge in [-0.05, 0) is 23.7 Å². The van der Waals surface area contributed by atoms with Crippen molar-refractivity contribution in [2.24, 2.45) is 0 Å². The summed E-state index contributed by atoms with van der Waals surface area (Å²) in [5.74, 6) is 0. The maximum absolute atomic E-state index is 5.96. The van der Waals surface area contributed by atoms with Crippen LogP contribution in [0.4, 0.5) is 0 Å². The molecule has 0 aliphatic heterocycles. The molecule has 1 aromatic carbocycles. The summed E-state index contributed by atoms with van der Waals surface area (Å²) in [5, 5.41) is 0.229. The Balaban J connectivity index is 2.12. The maximum atomic E-state index is 5.96. The first-order valence-electron chi connectivity index (χ1n) is 5.45. The van der Waals surface area contributed by atoms with Gasteiger partial charge in [-0.2, -0.15) is 0 Å². The Hall–Kier alpha value is -2.13. The molecule has 3 aromatic rings. The molecule has 0 aliphatic rings. The molecule has 88 valence electrons. The first kappa shape index (κ1) is 11.0. The predicted octanol–water partition coefficient (Wildman–Crippen LogP) is 4.06. The zero-order valence-electron chi connectivity index (χ0n) is 9.38. The summed E-state index contributed by atoms with van der Waals surface area (Å²) >= 11 is 5.96. The zero-order valence-corrected chi connectivity index (χ0v) is 10.1. The summed E-state index contributed by atoms with van der Waals surface area (Å²) in [5.41, 5.74) is 3.44. The second-order valence-corrected chi connectivity index (χ2v) is 4.12. The van der Waals surface area contributed by atoms with E-state index >= 15 is 0 Å². The summed E-state index contributed by atoms with van der Waals surface area (Å²) in [4.78, 5) is 8.43. The average molecular weight is 257 g/mol. The Morgan fingerprint density at radius 2 is 1.61 bits per heavy atom. The van der Waals surface area contributed by atoms with Gasteiger partial charge in [-0.15, -0.1) is 0 Å². The summed E-state index contributed by atoms with van der Waals surface area (Å²) in [7, 11) is 0. The van der Waals surface area contributed by atoms with Gasteiger partial charge in [0.15, 0.2) is 0 Å².